The Kier molecular flexibility index (Phi) is 3.22. The van der Waals surface area contributed by atoms with Crippen molar-refractivity contribution in [2.24, 2.45) is 5.73 Å². The van der Waals surface area contributed by atoms with Crippen LogP contribution in [-0.2, 0) is 12.1 Å². The molecule has 0 fully saturated rings. The first kappa shape index (κ1) is 12.1. The molecule has 2 aromatic rings. The zero-order chi connectivity index (χ0) is 12.5. The minimum Gasteiger partial charge on any atom is -0.328 e. The van der Waals surface area contributed by atoms with E-state index < -0.39 is 5.54 Å². The molecule has 17 heavy (non-hydrogen) atoms. The number of imidazole rings is 1. The van der Waals surface area contributed by atoms with Gasteiger partial charge < -0.3 is 10.3 Å². The highest BCUT2D eigenvalue weighted by molar-refractivity contribution is 6.30. The third kappa shape index (κ3) is 2.87. The summed E-state index contributed by atoms with van der Waals surface area (Å²) in [6.07, 6.45) is 3.61. The van der Waals surface area contributed by atoms with E-state index in [1.807, 2.05) is 48.9 Å². The number of nitrogens with zero attached hydrogens (tertiary/aromatic N) is 2. The van der Waals surface area contributed by atoms with E-state index in [2.05, 4.69) is 4.98 Å². The third-order valence-corrected chi connectivity index (χ3v) is 2.85. The summed E-state index contributed by atoms with van der Waals surface area (Å²) in [4.78, 5) is 4.16. The summed E-state index contributed by atoms with van der Waals surface area (Å²) in [5, 5.41) is 0.746. The highest BCUT2D eigenvalue weighted by Gasteiger charge is 2.18. The van der Waals surface area contributed by atoms with E-state index in [-0.39, 0.29) is 0 Å². The van der Waals surface area contributed by atoms with Crippen LogP contribution in [0.25, 0.3) is 0 Å². The van der Waals surface area contributed by atoms with Crippen molar-refractivity contribution in [3.05, 3.63) is 53.1 Å². The monoisotopic (exact) mass is 249 g/mol. The van der Waals surface area contributed by atoms with Gasteiger partial charge in [0.1, 0.15) is 0 Å². The van der Waals surface area contributed by atoms with Crippen LogP contribution in [0.4, 0.5) is 0 Å². The van der Waals surface area contributed by atoms with Gasteiger partial charge in [-0.15, -0.1) is 0 Å². The summed E-state index contributed by atoms with van der Waals surface area (Å²) in [6, 6.07) is 7.81. The van der Waals surface area contributed by atoms with Gasteiger partial charge in [-0.3, -0.25) is 0 Å². The van der Waals surface area contributed by atoms with Crippen molar-refractivity contribution >= 4 is 11.6 Å². The highest BCUT2D eigenvalue weighted by atomic mass is 35.5. The Labute approximate surface area is 106 Å². The molecule has 4 heteroatoms. The zero-order valence-electron chi connectivity index (χ0n) is 10.0. The zero-order valence-corrected chi connectivity index (χ0v) is 10.8. The molecule has 1 aromatic carbocycles. The second-order valence-electron chi connectivity index (χ2n) is 4.76. The fourth-order valence-electron chi connectivity index (χ4n) is 1.82. The number of nitrogens with two attached hydrogens (primary N) is 1. The van der Waals surface area contributed by atoms with Gasteiger partial charge in [-0.2, -0.15) is 0 Å². The summed E-state index contributed by atoms with van der Waals surface area (Å²) in [5.74, 6) is 0. The van der Waals surface area contributed by atoms with Crippen molar-refractivity contribution in [1.82, 2.24) is 9.55 Å². The maximum Gasteiger partial charge on any atom is 0.0951 e. The van der Waals surface area contributed by atoms with Crippen LogP contribution in [0.3, 0.4) is 0 Å². The van der Waals surface area contributed by atoms with Crippen molar-refractivity contribution in [1.29, 1.82) is 0 Å². The van der Waals surface area contributed by atoms with Crippen LogP contribution in [0.5, 0.6) is 0 Å². The number of rotatable bonds is 3. The number of hydrogen-bond acceptors (Lipinski definition) is 2. The number of hydrogen-bond donors (Lipinski definition) is 1. The Morgan fingerprint density at radius 2 is 2.18 bits per heavy atom. The van der Waals surface area contributed by atoms with Crippen molar-refractivity contribution in [2.75, 3.05) is 0 Å². The number of halogens is 1. The standard InChI is InChI=1S/C13H16ClN3/c1-13(2,15)12-7-16-9-17(12)8-10-4-3-5-11(14)6-10/h3-7,9H,8,15H2,1-2H3. The van der Waals surface area contributed by atoms with E-state index in [1.54, 1.807) is 6.33 Å². The first-order valence-corrected chi connectivity index (χ1v) is 5.88. The Hall–Kier alpha value is -1.32. The first-order chi connectivity index (χ1) is 7.97. The summed E-state index contributed by atoms with van der Waals surface area (Å²) < 4.78 is 2.05. The van der Waals surface area contributed by atoms with E-state index in [0.717, 1.165) is 22.8 Å². The average Bonchev–Trinajstić information content (AvgIpc) is 2.65. The largest absolute Gasteiger partial charge is 0.328 e. The molecule has 1 heterocycles. The average molecular weight is 250 g/mol. The summed E-state index contributed by atoms with van der Waals surface area (Å²) in [6.45, 7) is 4.67. The Morgan fingerprint density at radius 1 is 1.41 bits per heavy atom. The van der Waals surface area contributed by atoms with E-state index >= 15 is 0 Å². The van der Waals surface area contributed by atoms with E-state index in [4.69, 9.17) is 17.3 Å². The normalized spacial score (nSPS) is 11.8. The third-order valence-electron chi connectivity index (χ3n) is 2.61. The van der Waals surface area contributed by atoms with Gasteiger partial charge in [0, 0.05) is 17.8 Å². The fourth-order valence-corrected chi connectivity index (χ4v) is 2.03. The van der Waals surface area contributed by atoms with Gasteiger partial charge in [0.05, 0.1) is 17.6 Å². The molecule has 1 aromatic heterocycles. The molecule has 0 amide bonds. The van der Waals surface area contributed by atoms with Crippen LogP contribution < -0.4 is 5.73 Å². The predicted molar refractivity (Wildman–Crippen MR) is 70.0 cm³/mol. The molecule has 2 N–H and O–H groups in total. The van der Waals surface area contributed by atoms with Gasteiger partial charge in [0.25, 0.3) is 0 Å². The Balaban J connectivity index is 2.28. The van der Waals surface area contributed by atoms with E-state index in [9.17, 15) is 0 Å². The quantitative estimate of drug-likeness (QED) is 0.909. The minimum absolute atomic E-state index is 0.394. The summed E-state index contributed by atoms with van der Waals surface area (Å²) in [7, 11) is 0. The molecule has 2 rings (SSSR count). The molecule has 0 aliphatic rings. The molecule has 3 nitrogen and oxygen atoms in total. The van der Waals surface area contributed by atoms with Crippen LogP contribution >= 0.6 is 11.6 Å². The van der Waals surface area contributed by atoms with Crippen molar-refractivity contribution in [3.63, 3.8) is 0 Å². The lowest BCUT2D eigenvalue weighted by molar-refractivity contribution is 0.503. The number of benzene rings is 1. The topological polar surface area (TPSA) is 43.8 Å². The van der Waals surface area contributed by atoms with E-state index in [1.165, 1.54) is 0 Å². The molecule has 0 aliphatic carbocycles. The van der Waals surface area contributed by atoms with Crippen LogP contribution in [0.1, 0.15) is 25.1 Å². The molecule has 0 spiro atoms. The molecule has 0 saturated carbocycles. The van der Waals surface area contributed by atoms with Gasteiger partial charge >= 0.3 is 0 Å². The van der Waals surface area contributed by atoms with Gasteiger partial charge in [-0.1, -0.05) is 23.7 Å². The molecule has 0 radical (unpaired) electrons. The van der Waals surface area contributed by atoms with Crippen LogP contribution in [0.2, 0.25) is 5.02 Å². The van der Waals surface area contributed by atoms with Crippen molar-refractivity contribution < 1.29 is 0 Å². The van der Waals surface area contributed by atoms with Gasteiger partial charge in [0.15, 0.2) is 0 Å². The molecule has 90 valence electrons. The van der Waals surface area contributed by atoms with Gasteiger partial charge in [-0.25, -0.2) is 4.98 Å². The molecule has 0 bridgehead atoms. The van der Waals surface area contributed by atoms with E-state index in [0.29, 0.717) is 0 Å². The SMILES string of the molecule is CC(C)(N)c1cncn1Cc1cccc(Cl)c1. The Bertz CT molecular complexity index is 511. The van der Waals surface area contributed by atoms with Crippen molar-refractivity contribution in [3.8, 4) is 0 Å². The van der Waals surface area contributed by atoms with Crippen molar-refractivity contribution in [2.45, 2.75) is 25.9 Å². The minimum atomic E-state index is -0.394. The van der Waals surface area contributed by atoms with Crippen LogP contribution in [0.15, 0.2) is 36.8 Å². The molecular formula is C13H16ClN3. The van der Waals surface area contributed by atoms with Gasteiger partial charge in [-0.05, 0) is 31.5 Å². The predicted octanol–water partition coefficient (Wildman–Crippen LogP) is 2.78. The Morgan fingerprint density at radius 3 is 2.82 bits per heavy atom. The lowest BCUT2D eigenvalue weighted by atomic mass is 10.0. The maximum absolute atomic E-state index is 6.10. The lowest BCUT2D eigenvalue weighted by Gasteiger charge is -2.20. The molecule has 0 atom stereocenters. The second-order valence-corrected chi connectivity index (χ2v) is 5.19. The maximum atomic E-state index is 6.10. The smallest absolute Gasteiger partial charge is 0.0951 e. The highest BCUT2D eigenvalue weighted by Crippen LogP contribution is 2.18. The molecule has 0 aliphatic heterocycles. The fraction of sp³-hybridized carbons (Fsp3) is 0.308. The molecule has 0 saturated heterocycles. The molecular weight excluding hydrogens is 234 g/mol. The van der Waals surface area contributed by atoms with Crippen LogP contribution in [0, 0.1) is 0 Å². The number of aromatic nitrogens is 2. The summed E-state index contributed by atoms with van der Waals surface area (Å²) >= 11 is 5.97. The van der Waals surface area contributed by atoms with Crippen LogP contribution in [-0.4, -0.2) is 9.55 Å². The van der Waals surface area contributed by atoms with Gasteiger partial charge in [0.2, 0.25) is 0 Å². The lowest BCUT2D eigenvalue weighted by Crippen LogP contribution is -2.31. The molecule has 0 unspecified atom stereocenters. The summed E-state index contributed by atoms with van der Waals surface area (Å²) in [5.41, 5.74) is 7.86. The first-order valence-electron chi connectivity index (χ1n) is 5.51. The second kappa shape index (κ2) is 4.51.